The van der Waals surface area contributed by atoms with Crippen molar-refractivity contribution in [2.75, 3.05) is 26.2 Å². The Balaban J connectivity index is 1.39. The number of piperidine rings is 4. The quantitative estimate of drug-likeness (QED) is 0.248. The zero-order valence-electron chi connectivity index (χ0n) is 30.4. The van der Waals surface area contributed by atoms with Crippen molar-refractivity contribution in [1.82, 2.24) is 19.6 Å². The lowest BCUT2D eigenvalue weighted by molar-refractivity contribution is -0.143. The van der Waals surface area contributed by atoms with Gasteiger partial charge in [0.15, 0.2) is 0 Å². The zero-order chi connectivity index (χ0) is 33.5. The Morgan fingerprint density at radius 3 is 1.22 bits per heavy atom. The first-order valence-electron chi connectivity index (χ1n) is 18.6. The van der Waals surface area contributed by atoms with Crippen LogP contribution in [0, 0.1) is 11.8 Å². The molecule has 5 heterocycles. The minimum atomic E-state index is -0.603. The first-order valence-corrected chi connectivity index (χ1v) is 18.6. The first kappa shape index (κ1) is 35.1. The third-order valence-corrected chi connectivity index (χ3v) is 12.4. The van der Waals surface area contributed by atoms with Crippen LogP contribution in [0.25, 0.3) is 0 Å². The van der Waals surface area contributed by atoms with Crippen LogP contribution in [-0.4, -0.2) is 98.4 Å². The lowest BCUT2D eigenvalue weighted by Gasteiger charge is -2.60. The summed E-state index contributed by atoms with van der Waals surface area (Å²) in [5.74, 6) is 0.0190. The van der Waals surface area contributed by atoms with Crippen LogP contribution in [0.15, 0.2) is 0 Å². The van der Waals surface area contributed by atoms with Crippen LogP contribution in [0.2, 0.25) is 0 Å². The van der Waals surface area contributed by atoms with Gasteiger partial charge in [-0.1, -0.05) is 25.7 Å². The number of rotatable bonds is 0. The molecule has 5 fully saturated rings. The fourth-order valence-electron chi connectivity index (χ4n) is 10.4. The molecule has 5 saturated heterocycles. The van der Waals surface area contributed by atoms with Gasteiger partial charge in [-0.25, -0.2) is 14.4 Å². The number of carbonyl (C=O) groups is 3. The van der Waals surface area contributed by atoms with E-state index in [1.165, 1.54) is 12.8 Å². The molecule has 5 aliphatic heterocycles. The Labute approximate surface area is 279 Å². The Morgan fingerprint density at radius 1 is 0.543 bits per heavy atom. The molecule has 4 unspecified atom stereocenters. The second kappa shape index (κ2) is 13.4. The van der Waals surface area contributed by atoms with E-state index < -0.39 is 28.3 Å². The lowest BCUT2D eigenvalue weighted by Crippen LogP contribution is -2.71. The number of urea groups is 2. The second-order valence-electron chi connectivity index (χ2n) is 17.4. The summed E-state index contributed by atoms with van der Waals surface area (Å²) in [5, 5.41) is 0. The third kappa shape index (κ3) is 6.85. The third-order valence-electron chi connectivity index (χ3n) is 12.4. The van der Waals surface area contributed by atoms with E-state index in [2.05, 4.69) is 65.2 Å². The number of likely N-dealkylation sites (tertiary alicyclic amines) is 4. The molecule has 262 valence electrons. The predicted octanol–water partition coefficient (Wildman–Crippen LogP) is 8.20. The van der Waals surface area contributed by atoms with E-state index in [-0.39, 0.29) is 36.1 Å². The van der Waals surface area contributed by atoms with E-state index in [1.54, 1.807) is 0 Å². The van der Waals surface area contributed by atoms with E-state index in [0.29, 0.717) is 12.8 Å². The van der Waals surface area contributed by atoms with Gasteiger partial charge in [0.05, 0.1) is 0 Å². The number of nitrogens with zero attached hydrogens (tertiary/aromatic N) is 4. The summed E-state index contributed by atoms with van der Waals surface area (Å²) in [6.45, 7) is 20.5. The van der Waals surface area contributed by atoms with Crippen LogP contribution >= 0.6 is 0 Å². The highest BCUT2D eigenvalue weighted by molar-refractivity contribution is 5.77. The summed E-state index contributed by atoms with van der Waals surface area (Å²) in [6.07, 6.45) is 12.5. The van der Waals surface area contributed by atoms with Crippen molar-refractivity contribution in [2.24, 2.45) is 11.8 Å². The van der Waals surface area contributed by atoms with Crippen LogP contribution in [0.4, 0.5) is 14.4 Å². The lowest BCUT2D eigenvalue weighted by atomic mass is 9.68. The smallest absolute Gasteiger partial charge is 0.430 e. The maximum atomic E-state index is 14.1. The summed E-state index contributed by atoms with van der Waals surface area (Å²) in [6, 6.07) is 0.244. The number of fused-ring (bicyclic) bond motifs is 2. The summed E-state index contributed by atoms with van der Waals surface area (Å²) in [7, 11) is 0. The van der Waals surface area contributed by atoms with Gasteiger partial charge >= 0.3 is 18.2 Å². The van der Waals surface area contributed by atoms with Gasteiger partial charge in [0.1, 0.15) is 12.2 Å². The summed E-state index contributed by atoms with van der Waals surface area (Å²) in [4.78, 5) is 50.3. The normalized spacial score (nSPS) is 33.2. The van der Waals surface area contributed by atoms with Crippen LogP contribution in [0.3, 0.4) is 0 Å². The molecule has 0 N–H and O–H groups in total. The largest absolute Gasteiger partial charge is 0.508 e. The van der Waals surface area contributed by atoms with Gasteiger partial charge in [-0.05, 0) is 107 Å². The number of hydrogen-bond acceptors (Lipinski definition) is 5. The monoisotopic (exact) mass is 644 g/mol. The standard InChI is InChI=1S/C37H64N4O5/c1-34(2)25-29-27(36(5,6)40(34)31(42)38-21-15-11-16-22-38)19-13-9-10-14-20-28-30(46-33(44)45-29)26-35(3,4)41(37(28,7)8)32(43)39-23-17-12-18-24-39/h27-30H,9-26H2,1-8H3. The van der Waals surface area contributed by atoms with Gasteiger partial charge in [-0.2, -0.15) is 0 Å². The van der Waals surface area contributed by atoms with Gasteiger partial charge < -0.3 is 29.1 Å². The van der Waals surface area contributed by atoms with E-state index in [4.69, 9.17) is 9.47 Å². The highest BCUT2D eigenvalue weighted by Crippen LogP contribution is 2.49. The minimum absolute atomic E-state index is 0.00950. The molecule has 0 bridgehead atoms. The van der Waals surface area contributed by atoms with Gasteiger partial charge in [0.25, 0.3) is 0 Å². The molecule has 0 radical (unpaired) electrons. The Hall–Kier alpha value is -2.19. The van der Waals surface area contributed by atoms with E-state index in [9.17, 15) is 14.4 Å². The topological polar surface area (TPSA) is 82.6 Å². The van der Waals surface area contributed by atoms with Crippen molar-refractivity contribution in [1.29, 1.82) is 0 Å². The number of ether oxygens (including phenoxy) is 2. The summed E-state index contributed by atoms with van der Waals surface area (Å²) >= 11 is 0. The Kier molecular flexibility index (Phi) is 10.2. The fourth-order valence-corrected chi connectivity index (χ4v) is 10.4. The van der Waals surface area contributed by atoms with Gasteiger partial charge in [-0.3, -0.25) is 0 Å². The van der Waals surface area contributed by atoms with Crippen LogP contribution in [0.1, 0.15) is 145 Å². The fraction of sp³-hybridized carbons (Fsp3) is 0.919. The molecule has 0 aromatic rings. The zero-order valence-corrected chi connectivity index (χ0v) is 30.4. The summed E-state index contributed by atoms with van der Waals surface area (Å²) in [5.41, 5.74) is -1.96. The Bertz CT molecular complexity index is 1020. The van der Waals surface area contributed by atoms with Crippen LogP contribution in [0.5, 0.6) is 0 Å². The van der Waals surface area contributed by atoms with Crippen molar-refractivity contribution in [3.63, 3.8) is 0 Å². The molecule has 9 nitrogen and oxygen atoms in total. The van der Waals surface area contributed by atoms with E-state index in [0.717, 1.165) is 90.4 Å². The van der Waals surface area contributed by atoms with Gasteiger partial charge in [0.2, 0.25) is 0 Å². The second-order valence-corrected chi connectivity index (χ2v) is 17.4. The van der Waals surface area contributed by atoms with E-state index >= 15 is 0 Å². The highest BCUT2D eigenvalue weighted by atomic mass is 16.7. The molecular weight excluding hydrogens is 580 g/mol. The molecule has 9 heteroatoms. The summed E-state index contributed by atoms with van der Waals surface area (Å²) < 4.78 is 12.7. The van der Waals surface area contributed by atoms with Crippen molar-refractivity contribution < 1.29 is 23.9 Å². The highest BCUT2D eigenvalue weighted by Gasteiger charge is 2.58. The number of hydrogen-bond donors (Lipinski definition) is 0. The van der Waals surface area contributed by atoms with Crippen LogP contribution in [-0.2, 0) is 9.47 Å². The molecule has 5 rings (SSSR count). The average Bonchev–Trinajstić information content (AvgIpc) is 2.97. The van der Waals surface area contributed by atoms with Gasteiger partial charge in [-0.15, -0.1) is 0 Å². The first-order chi connectivity index (χ1) is 21.6. The molecule has 0 aliphatic carbocycles. The van der Waals surface area contributed by atoms with Crippen molar-refractivity contribution in [2.45, 2.75) is 180 Å². The van der Waals surface area contributed by atoms with Gasteiger partial charge in [0, 0.05) is 73.0 Å². The van der Waals surface area contributed by atoms with Crippen molar-refractivity contribution >= 4 is 18.2 Å². The van der Waals surface area contributed by atoms with E-state index in [1.807, 2.05) is 9.80 Å². The molecule has 46 heavy (non-hydrogen) atoms. The molecule has 4 atom stereocenters. The van der Waals surface area contributed by atoms with Crippen LogP contribution < -0.4 is 0 Å². The maximum Gasteiger partial charge on any atom is 0.508 e. The maximum absolute atomic E-state index is 14.1. The molecular formula is C37H64N4O5. The average molecular weight is 645 g/mol. The van der Waals surface area contributed by atoms with Crippen molar-refractivity contribution in [3.05, 3.63) is 0 Å². The molecule has 5 aliphatic rings. The molecule has 0 saturated carbocycles. The Morgan fingerprint density at radius 2 is 0.870 bits per heavy atom. The number of amides is 4. The predicted molar refractivity (Wildman–Crippen MR) is 181 cm³/mol. The molecule has 4 amide bonds. The SMILES string of the molecule is CC1(C)CC2OC(=O)OC3CC(C)(C)N(C(=O)N4CCCCC4)C(C)(C)C3CCCCCCC2C(C)(C)N1C(=O)N1CCCCC1. The molecule has 0 spiro atoms. The molecule has 0 aromatic heterocycles. The number of carbonyl (C=O) groups excluding carboxylic acids is 3. The minimum Gasteiger partial charge on any atom is -0.430 e. The molecule has 0 aromatic carbocycles. The van der Waals surface area contributed by atoms with Crippen molar-refractivity contribution in [3.8, 4) is 0 Å².